The van der Waals surface area contributed by atoms with Crippen molar-refractivity contribution in [3.8, 4) is 0 Å². The first-order valence-electron chi connectivity index (χ1n) is 5.72. The average molecular weight is 176 g/mol. The maximum absolute atomic E-state index is 2.44. The lowest BCUT2D eigenvalue weighted by Crippen LogP contribution is -2.04. The summed E-state index contributed by atoms with van der Waals surface area (Å²) in [6, 6.07) is 0. The van der Waals surface area contributed by atoms with Crippen molar-refractivity contribution in [2.24, 2.45) is 11.8 Å². The molecule has 0 nitrogen and oxygen atoms in total. The molecule has 0 heterocycles. The van der Waals surface area contributed by atoms with Gasteiger partial charge in [0.05, 0.1) is 0 Å². The van der Waals surface area contributed by atoms with Crippen molar-refractivity contribution >= 4 is 0 Å². The summed E-state index contributed by atoms with van der Waals surface area (Å²) in [5.74, 6) is 1.95. The summed E-state index contributed by atoms with van der Waals surface area (Å²) in [4.78, 5) is 0. The van der Waals surface area contributed by atoms with Crippen molar-refractivity contribution in [1.82, 2.24) is 0 Å². The van der Waals surface area contributed by atoms with Crippen LogP contribution in [0, 0.1) is 11.8 Å². The van der Waals surface area contributed by atoms with Crippen LogP contribution in [0.3, 0.4) is 0 Å². The second-order valence-electron chi connectivity index (χ2n) is 4.63. The fraction of sp³-hybridized carbons (Fsp3) is 0.692. The Balaban J connectivity index is 1.89. The summed E-state index contributed by atoms with van der Waals surface area (Å²) < 4.78 is 0. The first kappa shape index (κ1) is 9.05. The van der Waals surface area contributed by atoms with E-state index in [4.69, 9.17) is 0 Å². The van der Waals surface area contributed by atoms with E-state index in [1.165, 1.54) is 38.5 Å². The molecule has 0 aromatic heterocycles. The summed E-state index contributed by atoms with van der Waals surface area (Å²) in [6.07, 6.45) is 15.4. The third-order valence-electron chi connectivity index (χ3n) is 3.61. The maximum Gasteiger partial charge on any atom is -0.0251 e. The van der Waals surface area contributed by atoms with E-state index in [2.05, 4.69) is 25.2 Å². The summed E-state index contributed by atoms with van der Waals surface area (Å²) >= 11 is 0. The van der Waals surface area contributed by atoms with Gasteiger partial charge >= 0.3 is 0 Å². The average Bonchev–Trinajstić information content (AvgIpc) is 2.54. The van der Waals surface area contributed by atoms with Crippen LogP contribution in [0.5, 0.6) is 0 Å². The molecule has 0 N–H and O–H groups in total. The minimum absolute atomic E-state index is 0.969. The van der Waals surface area contributed by atoms with Gasteiger partial charge in [-0.3, -0.25) is 0 Å². The van der Waals surface area contributed by atoms with E-state index in [0.717, 1.165) is 11.8 Å². The molecule has 2 rings (SSSR count). The zero-order valence-electron chi connectivity index (χ0n) is 8.63. The van der Waals surface area contributed by atoms with E-state index in [9.17, 15) is 0 Å². The Morgan fingerprint density at radius 2 is 2.23 bits per heavy atom. The van der Waals surface area contributed by atoms with Crippen molar-refractivity contribution in [2.45, 2.75) is 45.4 Å². The van der Waals surface area contributed by atoms with Gasteiger partial charge in [-0.15, -0.1) is 0 Å². The third kappa shape index (κ3) is 2.24. The Kier molecular flexibility index (Phi) is 2.87. The molecule has 1 fully saturated rings. The SMILES string of the molecule is CC1CCCC1CC1=CCCC=C1. The Bertz CT molecular complexity index is 222. The van der Waals surface area contributed by atoms with Gasteiger partial charge in [0.15, 0.2) is 0 Å². The second-order valence-corrected chi connectivity index (χ2v) is 4.63. The number of rotatable bonds is 2. The zero-order valence-corrected chi connectivity index (χ0v) is 8.63. The topological polar surface area (TPSA) is 0 Å². The fourth-order valence-corrected chi connectivity index (χ4v) is 2.65. The molecule has 72 valence electrons. The minimum atomic E-state index is 0.969. The molecule has 0 aliphatic heterocycles. The predicted octanol–water partition coefficient (Wildman–Crippen LogP) is 4.09. The molecular weight excluding hydrogens is 156 g/mol. The summed E-state index contributed by atoms with van der Waals surface area (Å²) in [5, 5.41) is 0. The van der Waals surface area contributed by atoms with Gasteiger partial charge in [0.1, 0.15) is 0 Å². The van der Waals surface area contributed by atoms with Gasteiger partial charge in [-0.05, 0) is 37.5 Å². The van der Waals surface area contributed by atoms with Crippen molar-refractivity contribution in [1.29, 1.82) is 0 Å². The normalized spacial score (nSPS) is 33.5. The van der Waals surface area contributed by atoms with Crippen LogP contribution in [0.1, 0.15) is 45.4 Å². The van der Waals surface area contributed by atoms with E-state index in [0.29, 0.717) is 0 Å². The van der Waals surface area contributed by atoms with Crippen LogP contribution in [0.2, 0.25) is 0 Å². The van der Waals surface area contributed by atoms with Crippen LogP contribution in [-0.2, 0) is 0 Å². The van der Waals surface area contributed by atoms with E-state index < -0.39 is 0 Å². The summed E-state index contributed by atoms with van der Waals surface area (Å²) in [6.45, 7) is 2.42. The Labute approximate surface area is 81.7 Å². The number of allylic oxidation sites excluding steroid dienone is 4. The molecule has 13 heavy (non-hydrogen) atoms. The highest BCUT2D eigenvalue weighted by atomic mass is 14.3. The molecule has 0 radical (unpaired) electrons. The van der Waals surface area contributed by atoms with E-state index in [1.807, 2.05) is 0 Å². The Hall–Kier alpha value is -0.520. The van der Waals surface area contributed by atoms with Gasteiger partial charge in [0, 0.05) is 0 Å². The highest BCUT2D eigenvalue weighted by Crippen LogP contribution is 2.36. The molecule has 2 unspecified atom stereocenters. The lowest BCUT2D eigenvalue weighted by molar-refractivity contribution is 0.418. The molecule has 0 aromatic rings. The molecule has 0 saturated heterocycles. The largest absolute Gasteiger partial charge is 0.0840 e. The highest BCUT2D eigenvalue weighted by Gasteiger charge is 2.23. The quantitative estimate of drug-likeness (QED) is 0.594. The fourth-order valence-electron chi connectivity index (χ4n) is 2.65. The van der Waals surface area contributed by atoms with Crippen molar-refractivity contribution in [3.05, 3.63) is 23.8 Å². The number of hydrogen-bond donors (Lipinski definition) is 0. The predicted molar refractivity (Wildman–Crippen MR) is 57.6 cm³/mol. The second kappa shape index (κ2) is 4.13. The van der Waals surface area contributed by atoms with Crippen molar-refractivity contribution in [2.75, 3.05) is 0 Å². The highest BCUT2D eigenvalue weighted by molar-refractivity contribution is 5.22. The zero-order chi connectivity index (χ0) is 9.10. The Morgan fingerprint density at radius 3 is 2.85 bits per heavy atom. The number of hydrogen-bond acceptors (Lipinski definition) is 0. The van der Waals surface area contributed by atoms with Crippen LogP contribution in [0.15, 0.2) is 23.8 Å². The molecule has 1 saturated carbocycles. The lowest BCUT2D eigenvalue weighted by Gasteiger charge is -2.16. The van der Waals surface area contributed by atoms with Crippen LogP contribution < -0.4 is 0 Å². The standard InChI is InChI=1S/C13H20/c1-11-6-5-9-13(11)10-12-7-3-2-4-8-12/h3,7-8,11,13H,2,4-6,9-10H2,1H3. The van der Waals surface area contributed by atoms with E-state index >= 15 is 0 Å². The van der Waals surface area contributed by atoms with Gasteiger partial charge in [-0.25, -0.2) is 0 Å². The summed E-state index contributed by atoms with van der Waals surface area (Å²) in [5.41, 5.74) is 1.60. The van der Waals surface area contributed by atoms with Crippen LogP contribution >= 0.6 is 0 Å². The van der Waals surface area contributed by atoms with Crippen LogP contribution in [0.25, 0.3) is 0 Å². The van der Waals surface area contributed by atoms with Gasteiger partial charge < -0.3 is 0 Å². The smallest absolute Gasteiger partial charge is 0.0251 e. The van der Waals surface area contributed by atoms with Gasteiger partial charge in [0.25, 0.3) is 0 Å². The first-order chi connectivity index (χ1) is 6.36. The molecule has 0 bridgehead atoms. The third-order valence-corrected chi connectivity index (χ3v) is 3.61. The van der Waals surface area contributed by atoms with Gasteiger partial charge in [-0.1, -0.05) is 43.6 Å². The van der Waals surface area contributed by atoms with Gasteiger partial charge in [0.2, 0.25) is 0 Å². The first-order valence-corrected chi connectivity index (χ1v) is 5.72. The van der Waals surface area contributed by atoms with E-state index in [1.54, 1.807) is 5.57 Å². The molecule has 2 atom stereocenters. The molecule has 0 heteroatoms. The van der Waals surface area contributed by atoms with Crippen LogP contribution in [0.4, 0.5) is 0 Å². The Morgan fingerprint density at radius 1 is 1.31 bits per heavy atom. The summed E-state index contributed by atoms with van der Waals surface area (Å²) in [7, 11) is 0. The molecule has 0 spiro atoms. The van der Waals surface area contributed by atoms with Crippen LogP contribution in [-0.4, -0.2) is 0 Å². The molecule has 0 aromatic carbocycles. The lowest BCUT2D eigenvalue weighted by atomic mass is 9.89. The van der Waals surface area contributed by atoms with Crippen molar-refractivity contribution in [3.63, 3.8) is 0 Å². The maximum atomic E-state index is 2.44. The van der Waals surface area contributed by atoms with Crippen molar-refractivity contribution < 1.29 is 0 Å². The van der Waals surface area contributed by atoms with Gasteiger partial charge in [-0.2, -0.15) is 0 Å². The molecule has 0 amide bonds. The van der Waals surface area contributed by atoms with E-state index in [-0.39, 0.29) is 0 Å². The minimum Gasteiger partial charge on any atom is -0.0840 e. The monoisotopic (exact) mass is 176 g/mol. The molecular formula is C13H20. The molecule has 2 aliphatic rings. The molecule has 2 aliphatic carbocycles.